The van der Waals surface area contributed by atoms with Gasteiger partial charge in [-0.2, -0.15) is 5.26 Å². The second kappa shape index (κ2) is 3.23. The van der Waals surface area contributed by atoms with Gasteiger partial charge in [0.2, 0.25) is 0 Å². The summed E-state index contributed by atoms with van der Waals surface area (Å²) >= 11 is 0. The third kappa shape index (κ3) is 1.72. The standard InChI is InChI=1S/C9H16N2/c1-8-4-3-5-9(6-8,7-10)11-2/h8,11H,3-6H2,1-2H3/t8-,9+/m1/s1. The van der Waals surface area contributed by atoms with E-state index >= 15 is 0 Å². The average molecular weight is 152 g/mol. The minimum atomic E-state index is -0.211. The van der Waals surface area contributed by atoms with Crippen molar-refractivity contribution in [1.29, 1.82) is 5.26 Å². The highest BCUT2D eigenvalue weighted by Crippen LogP contribution is 2.31. The molecule has 2 heteroatoms. The van der Waals surface area contributed by atoms with Crippen LogP contribution in [-0.2, 0) is 0 Å². The van der Waals surface area contributed by atoms with Crippen molar-refractivity contribution in [2.75, 3.05) is 7.05 Å². The molecule has 0 spiro atoms. The molecule has 2 atom stereocenters. The van der Waals surface area contributed by atoms with E-state index in [2.05, 4.69) is 18.3 Å². The summed E-state index contributed by atoms with van der Waals surface area (Å²) in [5, 5.41) is 12.1. The summed E-state index contributed by atoms with van der Waals surface area (Å²) in [6.45, 7) is 2.22. The van der Waals surface area contributed by atoms with E-state index in [9.17, 15) is 0 Å². The number of hydrogen-bond acceptors (Lipinski definition) is 2. The van der Waals surface area contributed by atoms with Gasteiger partial charge in [0.15, 0.2) is 0 Å². The molecular weight excluding hydrogens is 136 g/mol. The second-order valence-electron chi connectivity index (χ2n) is 3.65. The summed E-state index contributed by atoms with van der Waals surface area (Å²) in [5.74, 6) is 0.704. The zero-order valence-corrected chi connectivity index (χ0v) is 7.35. The summed E-state index contributed by atoms with van der Waals surface area (Å²) in [7, 11) is 1.89. The molecule has 1 rings (SSSR count). The Morgan fingerprint density at radius 3 is 2.73 bits per heavy atom. The van der Waals surface area contributed by atoms with Gasteiger partial charge in [-0.15, -0.1) is 0 Å². The molecule has 0 bridgehead atoms. The number of nitriles is 1. The topological polar surface area (TPSA) is 35.8 Å². The lowest BCUT2D eigenvalue weighted by Crippen LogP contribution is -2.45. The van der Waals surface area contributed by atoms with Crippen LogP contribution < -0.4 is 5.32 Å². The fourth-order valence-electron chi connectivity index (χ4n) is 1.94. The summed E-state index contributed by atoms with van der Waals surface area (Å²) in [6, 6.07) is 2.39. The van der Waals surface area contributed by atoms with Crippen LogP contribution in [0.4, 0.5) is 0 Å². The van der Waals surface area contributed by atoms with E-state index in [0.29, 0.717) is 5.92 Å². The quantitative estimate of drug-likeness (QED) is 0.620. The van der Waals surface area contributed by atoms with Crippen LogP contribution in [-0.4, -0.2) is 12.6 Å². The first-order valence-corrected chi connectivity index (χ1v) is 4.32. The van der Waals surface area contributed by atoms with Gasteiger partial charge in [-0.1, -0.05) is 19.8 Å². The van der Waals surface area contributed by atoms with E-state index < -0.39 is 0 Å². The van der Waals surface area contributed by atoms with E-state index in [-0.39, 0.29) is 5.54 Å². The monoisotopic (exact) mass is 152 g/mol. The van der Waals surface area contributed by atoms with Crippen LogP contribution in [0.2, 0.25) is 0 Å². The Hall–Kier alpha value is -0.550. The maximum atomic E-state index is 8.95. The molecule has 0 saturated heterocycles. The predicted molar refractivity (Wildman–Crippen MR) is 45.0 cm³/mol. The highest BCUT2D eigenvalue weighted by molar-refractivity contribution is 5.08. The molecule has 0 aromatic carbocycles. The molecular formula is C9H16N2. The van der Waals surface area contributed by atoms with Crippen LogP contribution in [0.3, 0.4) is 0 Å². The van der Waals surface area contributed by atoms with Crippen LogP contribution >= 0.6 is 0 Å². The lowest BCUT2D eigenvalue weighted by molar-refractivity contribution is 0.254. The van der Waals surface area contributed by atoms with Crippen molar-refractivity contribution in [2.45, 2.75) is 38.1 Å². The number of rotatable bonds is 1. The van der Waals surface area contributed by atoms with Gasteiger partial charge in [-0.25, -0.2) is 0 Å². The van der Waals surface area contributed by atoms with Crippen molar-refractivity contribution in [3.8, 4) is 6.07 Å². The fraction of sp³-hybridized carbons (Fsp3) is 0.889. The molecule has 1 fully saturated rings. The molecule has 1 saturated carbocycles. The highest BCUT2D eigenvalue weighted by Gasteiger charge is 2.32. The Morgan fingerprint density at radius 2 is 2.36 bits per heavy atom. The van der Waals surface area contributed by atoms with Gasteiger partial charge >= 0.3 is 0 Å². The van der Waals surface area contributed by atoms with Gasteiger partial charge in [0, 0.05) is 0 Å². The van der Waals surface area contributed by atoms with Crippen LogP contribution in [0.1, 0.15) is 32.6 Å². The molecule has 0 heterocycles. The molecule has 0 aliphatic heterocycles. The Kier molecular flexibility index (Phi) is 2.51. The minimum Gasteiger partial charge on any atom is -0.302 e. The number of hydrogen-bond donors (Lipinski definition) is 1. The van der Waals surface area contributed by atoms with Gasteiger partial charge in [-0.3, -0.25) is 0 Å². The van der Waals surface area contributed by atoms with E-state index in [1.165, 1.54) is 12.8 Å². The van der Waals surface area contributed by atoms with E-state index in [4.69, 9.17) is 5.26 Å². The summed E-state index contributed by atoms with van der Waals surface area (Å²) in [6.07, 6.45) is 4.50. The predicted octanol–water partition coefficient (Wildman–Crippen LogP) is 1.68. The third-order valence-electron chi connectivity index (χ3n) is 2.69. The highest BCUT2D eigenvalue weighted by atomic mass is 14.9. The van der Waals surface area contributed by atoms with Crippen molar-refractivity contribution in [1.82, 2.24) is 5.32 Å². The van der Waals surface area contributed by atoms with Gasteiger partial charge in [-0.05, 0) is 25.8 Å². The Balaban J connectivity index is 2.62. The zero-order chi connectivity index (χ0) is 8.32. The molecule has 1 aliphatic carbocycles. The van der Waals surface area contributed by atoms with Gasteiger partial charge < -0.3 is 5.32 Å². The molecule has 62 valence electrons. The Bertz CT molecular complexity index is 171. The Morgan fingerprint density at radius 1 is 1.64 bits per heavy atom. The van der Waals surface area contributed by atoms with Crippen molar-refractivity contribution < 1.29 is 0 Å². The normalized spacial score (nSPS) is 38.1. The van der Waals surface area contributed by atoms with Crippen LogP contribution in [0.5, 0.6) is 0 Å². The van der Waals surface area contributed by atoms with Gasteiger partial charge in [0.25, 0.3) is 0 Å². The summed E-state index contributed by atoms with van der Waals surface area (Å²) in [5.41, 5.74) is -0.211. The van der Waals surface area contributed by atoms with Crippen molar-refractivity contribution in [3.63, 3.8) is 0 Å². The molecule has 0 aromatic heterocycles. The lowest BCUT2D eigenvalue weighted by Gasteiger charge is -2.33. The first-order chi connectivity index (χ1) is 5.22. The molecule has 0 amide bonds. The zero-order valence-electron chi connectivity index (χ0n) is 7.35. The van der Waals surface area contributed by atoms with Crippen LogP contribution in [0.25, 0.3) is 0 Å². The van der Waals surface area contributed by atoms with E-state index in [1.807, 2.05) is 7.05 Å². The molecule has 11 heavy (non-hydrogen) atoms. The Labute approximate surface area is 68.6 Å². The SMILES string of the molecule is CN[C@@]1(C#N)CCC[C@@H](C)C1. The van der Waals surface area contributed by atoms with E-state index in [1.54, 1.807) is 0 Å². The first kappa shape index (κ1) is 8.55. The minimum absolute atomic E-state index is 0.211. The lowest BCUT2D eigenvalue weighted by atomic mass is 9.77. The molecule has 2 nitrogen and oxygen atoms in total. The second-order valence-corrected chi connectivity index (χ2v) is 3.65. The fourth-order valence-corrected chi connectivity index (χ4v) is 1.94. The third-order valence-corrected chi connectivity index (χ3v) is 2.69. The smallest absolute Gasteiger partial charge is 0.106 e. The molecule has 0 aromatic rings. The van der Waals surface area contributed by atoms with Gasteiger partial charge in [0.1, 0.15) is 5.54 Å². The number of nitrogens with zero attached hydrogens (tertiary/aromatic N) is 1. The first-order valence-electron chi connectivity index (χ1n) is 4.32. The van der Waals surface area contributed by atoms with E-state index in [0.717, 1.165) is 12.8 Å². The number of nitrogens with one attached hydrogen (secondary N) is 1. The molecule has 0 unspecified atom stereocenters. The van der Waals surface area contributed by atoms with Crippen molar-refractivity contribution >= 4 is 0 Å². The van der Waals surface area contributed by atoms with Crippen molar-refractivity contribution in [3.05, 3.63) is 0 Å². The maximum absolute atomic E-state index is 8.95. The summed E-state index contributed by atoms with van der Waals surface area (Å²) in [4.78, 5) is 0. The maximum Gasteiger partial charge on any atom is 0.106 e. The molecule has 1 aliphatic rings. The van der Waals surface area contributed by atoms with Crippen molar-refractivity contribution in [2.24, 2.45) is 5.92 Å². The largest absolute Gasteiger partial charge is 0.302 e. The molecule has 1 N–H and O–H groups in total. The molecule has 0 radical (unpaired) electrons. The summed E-state index contributed by atoms with van der Waals surface area (Å²) < 4.78 is 0. The van der Waals surface area contributed by atoms with Gasteiger partial charge in [0.05, 0.1) is 6.07 Å². The van der Waals surface area contributed by atoms with Crippen LogP contribution in [0, 0.1) is 17.2 Å². The average Bonchev–Trinajstić information content (AvgIpc) is 2.04. The van der Waals surface area contributed by atoms with Crippen LogP contribution in [0.15, 0.2) is 0 Å².